The van der Waals surface area contributed by atoms with Gasteiger partial charge < -0.3 is 20.6 Å². The van der Waals surface area contributed by atoms with Crippen molar-refractivity contribution in [3.8, 4) is 11.5 Å². The fraction of sp³-hybridized carbons (Fsp3) is 0.0526. The number of phenols is 2. The number of aliphatic hydroxyl groups excluding tert-OH is 1. The monoisotopic (exact) mass is 404 g/mol. The maximum absolute atomic E-state index is 12.3. The van der Waals surface area contributed by atoms with E-state index < -0.39 is 5.78 Å². The van der Waals surface area contributed by atoms with Crippen LogP contribution in [0.2, 0.25) is 10.0 Å². The van der Waals surface area contributed by atoms with Crippen LogP contribution in [-0.2, 0) is 4.79 Å². The van der Waals surface area contributed by atoms with Gasteiger partial charge in [-0.1, -0.05) is 23.2 Å². The number of hydrogen-bond donors (Lipinski definition) is 4. The number of ketones is 1. The SMILES string of the molecule is CC1=C(Nc2ccc(O)cc2Cl)C(=O)C=C(O)/C1=N\c1ccc(O)cc1Cl. The van der Waals surface area contributed by atoms with Gasteiger partial charge >= 0.3 is 0 Å². The second kappa shape index (κ2) is 7.34. The maximum atomic E-state index is 12.3. The number of nitrogens with one attached hydrogen (secondary N) is 1. The van der Waals surface area contributed by atoms with E-state index in [-0.39, 0.29) is 38.7 Å². The van der Waals surface area contributed by atoms with E-state index in [9.17, 15) is 20.1 Å². The Bertz CT molecular complexity index is 1040. The van der Waals surface area contributed by atoms with Crippen molar-refractivity contribution >= 4 is 46.1 Å². The lowest BCUT2D eigenvalue weighted by molar-refractivity contribution is -0.111. The molecule has 0 radical (unpaired) electrons. The predicted octanol–water partition coefficient (Wildman–Crippen LogP) is 4.89. The summed E-state index contributed by atoms with van der Waals surface area (Å²) in [6, 6.07) is 8.52. The molecule has 0 atom stereocenters. The highest BCUT2D eigenvalue weighted by atomic mass is 35.5. The summed E-state index contributed by atoms with van der Waals surface area (Å²) in [4.78, 5) is 16.7. The van der Waals surface area contributed by atoms with Crippen molar-refractivity contribution in [3.05, 3.63) is 69.5 Å². The van der Waals surface area contributed by atoms with Crippen LogP contribution in [0.25, 0.3) is 0 Å². The van der Waals surface area contributed by atoms with Gasteiger partial charge in [-0.2, -0.15) is 0 Å². The number of benzene rings is 2. The summed E-state index contributed by atoms with van der Waals surface area (Å²) in [6.07, 6.45) is 1.04. The summed E-state index contributed by atoms with van der Waals surface area (Å²) >= 11 is 12.1. The summed E-state index contributed by atoms with van der Waals surface area (Å²) in [5, 5.41) is 32.4. The largest absolute Gasteiger partial charge is 0.508 e. The van der Waals surface area contributed by atoms with Crippen molar-refractivity contribution in [1.29, 1.82) is 0 Å². The molecule has 1 aliphatic carbocycles. The molecule has 0 saturated heterocycles. The van der Waals surface area contributed by atoms with Crippen LogP contribution in [0, 0.1) is 0 Å². The zero-order valence-electron chi connectivity index (χ0n) is 14.0. The molecule has 0 amide bonds. The highest BCUT2D eigenvalue weighted by molar-refractivity contribution is 6.34. The number of carbonyl (C=O) groups excluding carboxylic acids is 1. The van der Waals surface area contributed by atoms with Gasteiger partial charge in [-0.3, -0.25) is 4.79 Å². The number of hydrogen-bond acceptors (Lipinski definition) is 6. The Kier molecular flexibility index (Phi) is 5.12. The summed E-state index contributed by atoms with van der Waals surface area (Å²) in [5.74, 6) is -0.777. The van der Waals surface area contributed by atoms with Crippen LogP contribution in [0.5, 0.6) is 11.5 Å². The number of anilines is 1. The third-order valence-electron chi connectivity index (χ3n) is 3.86. The van der Waals surface area contributed by atoms with Crippen molar-refractivity contribution in [2.24, 2.45) is 4.99 Å². The Morgan fingerprint density at radius 3 is 2.22 bits per heavy atom. The van der Waals surface area contributed by atoms with E-state index in [0.29, 0.717) is 16.9 Å². The number of carbonyl (C=O) groups is 1. The third kappa shape index (κ3) is 3.92. The van der Waals surface area contributed by atoms with Crippen LogP contribution in [0.3, 0.4) is 0 Å². The molecule has 0 unspecified atom stereocenters. The molecule has 0 spiro atoms. The zero-order chi connectivity index (χ0) is 19.7. The molecule has 2 aromatic carbocycles. The number of nitrogens with zero attached hydrogens (tertiary/aromatic N) is 1. The van der Waals surface area contributed by atoms with Gasteiger partial charge in [0.05, 0.1) is 27.1 Å². The maximum Gasteiger partial charge on any atom is 0.206 e. The average molecular weight is 405 g/mol. The fourth-order valence-corrected chi connectivity index (χ4v) is 2.94. The quantitative estimate of drug-likeness (QED) is 0.430. The van der Waals surface area contributed by atoms with Gasteiger partial charge in [-0.15, -0.1) is 0 Å². The highest BCUT2D eigenvalue weighted by Gasteiger charge is 2.25. The van der Waals surface area contributed by atoms with Gasteiger partial charge in [-0.05, 0) is 31.2 Å². The van der Waals surface area contributed by atoms with Crippen molar-refractivity contribution in [2.45, 2.75) is 6.92 Å². The Morgan fingerprint density at radius 1 is 0.963 bits per heavy atom. The number of aromatic hydroxyl groups is 2. The van der Waals surface area contributed by atoms with E-state index in [0.717, 1.165) is 6.08 Å². The number of allylic oxidation sites excluding steroid dienone is 2. The lowest BCUT2D eigenvalue weighted by Gasteiger charge is -2.19. The van der Waals surface area contributed by atoms with Crippen molar-refractivity contribution in [1.82, 2.24) is 0 Å². The summed E-state index contributed by atoms with van der Waals surface area (Å²) in [6.45, 7) is 1.62. The van der Waals surface area contributed by atoms with Gasteiger partial charge in [0.1, 0.15) is 23.0 Å². The van der Waals surface area contributed by atoms with E-state index in [1.807, 2.05) is 0 Å². The minimum absolute atomic E-state index is 0.00649. The number of aliphatic imine (C=N–C) groups is 1. The smallest absolute Gasteiger partial charge is 0.206 e. The van der Waals surface area contributed by atoms with Gasteiger partial charge in [0.2, 0.25) is 5.78 Å². The summed E-state index contributed by atoms with van der Waals surface area (Å²) in [7, 11) is 0. The molecule has 0 aliphatic heterocycles. The van der Waals surface area contributed by atoms with E-state index in [1.165, 1.54) is 36.4 Å². The molecule has 0 heterocycles. The lowest BCUT2D eigenvalue weighted by atomic mass is 9.98. The number of rotatable bonds is 3. The van der Waals surface area contributed by atoms with E-state index in [1.54, 1.807) is 6.92 Å². The molecule has 6 nitrogen and oxygen atoms in total. The van der Waals surface area contributed by atoms with Gasteiger partial charge in [0.25, 0.3) is 0 Å². The fourth-order valence-electron chi connectivity index (χ4n) is 2.50. The molecule has 2 aromatic rings. The van der Waals surface area contributed by atoms with Crippen molar-refractivity contribution < 1.29 is 20.1 Å². The number of aliphatic hydroxyl groups is 1. The Balaban J connectivity index is 2.05. The molecule has 0 bridgehead atoms. The molecule has 0 aromatic heterocycles. The van der Waals surface area contributed by atoms with Crippen LogP contribution < -0.4 is 5.32 Å². The molecule has 0 fully saturated rings. The van der Waals surface area contributed by atoms with Gasteiger partial charge in [0.15, 0.2) is 0 Å². The molecule has 3 rings (SSSR count). The Morgan fingerprint density at radius 2 is 1.59 bits per heavy atom. The summed E-state index contributed by atoms with van der Waals surface area (Å²) in [5.41, 5.74) is 1.44. The van der Waals surface area contributed by atoms with E-state index in [4.69, 9.17) is 23.2 Å². The first-order valence-electron chi connectivity index (χ1n) is 7.75. The van der Waals surface area contributed by atoms with Crippen molar-refractivity contribution in [2.75, 3.05) is 5.32 Å². The zero-order valence-corrected chi connectivity index (χ0v) is 15.5. The average Bonchev–Trinajstić information content (AvgIpc) is 2.58. The summed E-state index contributed by atoms with van der Waals surface area (Å²) < 4.78 is 0. The first kappa shape index (κ1) is 18.8. The normalized spacial score (nSPS) is 15.9. The highest BCUT2D eigenvalue weighted by Crippen LogP contribution is 2.32. The molecular formula is C19H14Cl2N2O4. The second-order valence-corrected chi connectivity index (χ2v) is 6.59. The van der Waals surface area contributed by atoms with E-state index in [2.05, 4.69) is 10.3 Å². The van der Waals surface area contributed by atoms with Crippen LogP contribution in [-0.4, -0.2) is 26.8 Å². The lowest BCUT2D eigenvalue weighted by Crippen LogP contribution is -2.22. The minimum Gasteiger partial charge on any atom is -0.508 e. The minimum atomic E-state index is -0.454. The first-order chi connectivity index (χ1) is 12.8. The van der Waals surface area contributed by atoms with Gasteiger partial charge in [0, 0.05) is 23.8 Å². The van der Waals surface area contributed by atoms with Crippen molar-refractivity contribution in [3.63, 3.8) is 0 Å². The Hall–Kier alpha value is -2.96. The van der Waals surface area contributed by atoms with E-state index >= 15 is 0 Å². The number of halogens is 2. The molecule has 4 N–H and O–H groups in total. The molecule has 0 saturated carbocycles. The first-order valence-corrected chi connectivity index (χ1v) is 8.51. The van der Waals surface area contributed by atoms with Crippen LogP contribution in [0.4, 0.5) is 11.4 Å². The topological polar surface area (TPSA) is 102 Å². The molecule has 8 heteroatoms. The number of phenolic OH excluding ortho intramolecular Hbond substituents is 2. The van der Waals surface area contributed by atoms with Crippen LogP contribution in [0.1, 0.15) is 6.92 Å². The standard InChI is InChI=1S/C19H14Cl2N2O4/c1-9-18(22-14-4-2-10(24)6-12(14)20)16(26)8-17(27)19(9)23-15-5-3-11(25)7-13(15)21/h2-8,22,24-25,27H,1H3/b23-19-. The molecule has 1 aliphatic rings. The molecular weight excluding hydrogens is 391 g/mol. The second-order valence-electron chi connectivity index (χ2n) is 5.78. The van der Waals surface area contributed by atoms with Gasteiger partial charge in [-0.25, -0.2) is 4.99 Å². The molecule has 138 valence electrons. The Labute approximate surface area is 164 Å². The molecule has 27 heavy (non-hydrogen) atoms. The van der Waals surface area contributed by atoms with Crippen LogP contribution in [0.15, 0.2) is 64.5 Å². The third-order valence-corrected chi connectivity index (χ3v) is 4.48. The predicted molar refractivity (Wildman–Crippen MR) is 105 cm³/mol. The van der Waals surface area contributed by atoms with Crippen LogP contribution >= 0.6 is 23.2 Å².